The van der Waals surface area contributed by atoms with E-state index in [1.165, 1.54) is 12.1 Å². The molecule has 1 fully saturated rings. The van der Waals surface area contributed by atoms with E-state index in [0.29, 0.717) is 6.42 Å². The number of halogens is 4. The first-order valence-electron chi connectivity index (χ1n) is 6.04. The second-order valence-electron chi connectivity index (χ2n) is 4.69. The molecule has 18 heavy (non-hydrogen) atoms. The largest absolute Gasteiger partial charge is 0.419 e. The summed E-state index contributed by atoms with van der Waals surface area (Å²) in [6.07, 6.45) is -2.33. The van der Waals surface area contributed by atoms with E-state index in [-0.39, 0.29) is 11.5 Å². The standard InChI is InChI=1S/C13H15F4N/c14-12-10(7-9-3-2-6-18-8-9)4-1-5-11(12)13(15,16)17/h1,4-5,9,18H,2-3,6-8H2. The van der Waals surface area contributed by atoms with Gasteiger partial charge < -0.3 is 5.32 Å². The molecule has 0 spiro atoms. The fourth-order valence-electron chi connectivity index (χ4n) is 2.37. The molecule has 1 unspecified atom stereocenters. The lowest BCUT2D eigenvalue weighted by Crippen LogP contribution is -2.31. The third kappa shape index (κ3) is 3.02. The molecule has 0 radical (unpaired) electrons. The number of nitrogens with one attached hydrogen (secondary N) is 1. The first kappa shape index (κ1) is 13.3. The zero-order chi connectivity index (χ0) is 13.2. The van der Waals surface area contributed by atoms with Crippen molar-refractivity contribution in [2.45, 2.75) is 25.4 Å². The molecule has 1 heterocycles. The van der Waals surface area contributed by atoms with E-state index in [1.807, 2.05) is 0 Å². The molecule has 1 N–H and O–H groups in total. The lowest BCUT2D eigenvalue weighted by atomic mass is 9.91. The molecule has 0 saturated carbocycles. The van der Waals surface area contributed by atoms with Crippen LogP contribution in [0.2, 0.25) is 0 Å². The highest BCUT2D eigenvalue weighted by atomic mass is 19.4. The monoisotopic (exact) mass is 261 g/mol. The number of alkyl halides is 3. The van der Waals surface area contributed by atoms with Crippen molar-refractivity contribution in [1.29, 1.82) is 0 Å². The van der Waals surface area contributed by atoms with E-state index >= 15 is 0 Å². The normalized spacial score (nSPS) is 21.0. The number of hydrogen-bond acceptors (Lipinski definition) is 1. The Balaban J connectivity index is 2.18. The Morgan fingerprint density at radius 1 is 1.28 bits per heavy atom. The molecule has 5 heteroatoms. The molecule has 0 bridgehead atoms. The minimum absolute atomic E-state index is 0.165. The molecule has 1 nitrogen and oxygen atoms in total. The molecule has 1 aliphatic rings. The van der Waals surface area contributed by atoms with Crippen molar-refractivity contribution in [3.8, 4) is 0 Å². The molecule has 2 rings (SSSR count). The number of hydrogen-bond donors (Lipinski definition) is 1. The molecule has 0 amide bonds. The average Bonchev–Trinajstić information content (AvgIpc) is 2.32. The Morgan fingerprint density at radius 3 is 2.67 bits per heavy atom. The van der Waals surface area contributed by atoms with Crippen molar-refractivity contribution in [2.75, 3.05) is 13.1 Å². The van der Waals surface area contributed by atoms with E-state index in [9.17, 15) is 17.6 Å². The van der Waals surface area contributed by atoms with Crippen LogP contribution in [0.15, 0.2) is 18.2 Å². The van der Waals surface area contributed by atoms with E-state index in [0.717, 1.165) is 32.0 Å². The van der Waals surface area contributed by atoms with Gasteiger partial charge in [0.15, 0.2) is 0 Å². The predicted molar refractivity (Wildman–Crippen MR) is 60.7 cm³/mol. The summed E-state index contributed by atoms with van der Waals surface area (Å²) in [4.78, 5) is 0. The minimum Gasteiger partial charge on any atom is -0.316 e. The molecule has 1 saturated heterocycles. The Labute approximate surface area is 103 Å². The summed E-state index contributed by atoms with van der Waals surface area (Å²) in [6.45, 7) is 1.68. The van der Waals surface area contributed by atoms with E-state index in [2.05, 4.69) is 5.32 Å². The lowest BCUT2D eigenvalue weighted by Gasteiger charge is -2.23. The Hall–Kier alpha value is -1.10. The van der Waals surface area contributed by atoms with Gasteiger partial charge in [-0.1, -0.05) is 12.1 Å². The highest BCUT2D eigenvalue weighted by molar-refractivity contribution is 5.28. The third-order valence-corrected chi connectivity index (χ3v) is 3.29. The van der Waals surface area contributed by atoms with E-state index in [4.69, 9.17) is 0 Å². The maximum Gasteiger partial charge on any atom is 0.419 e. The number of piperidine rings is 1. The zero-order valence-corrected chi connectivity index (χ0v) is 9.86. The van der Waals surface area contributed by atoms with Crippen LogP contribution in [0.3, 0.4) is 0 Å². The summed E-state index contributed by atoms with van der Waals surface area (Å²) in [5.41, 5.74) is -0.998. The average molecular weight is 261 g/mol. The zero-order valence-electron chi connectivity index (χ0n) is 9.86. The molecule has 1 aromatic carbocycles. The first-order chi connectivity index (χ1) is 8.48. The topological polar surface area (TPSA) is 12.0 Å². The molecule has 1 aromatic rings. The van der Waals surface area contributed by atoms with Crippen molar-refractivity contribution in [3.05, 3.63) is 35.1 Å². The Kier molecular flexibility index (Phi) is 3.90. The van der Waals surface area contributed by atoms with Crippen LogP contribution in [-0.4, -0.2) is 13.1 Å². The second-order valence-corrected chi connectivity index (χ2v) is 4.69. The maximum atomic E-state index is 13.8. The quantitative estimate of drug-likeness (QED) is 0.805. The fourth-order valence-corrected chi connectivity index (χ4v) is 2.37. The van der Waals surface area contributed by atoms with Gasteiger partial charge in [0.25, 0.3) is 0 Å². The van der Waals surface area contributed by atoms with Crippen LogP contribution < -0.4 is 5.32 Å². The van der Waals surface area contributed by atoms with Gasteiger partial charge in [0.05, 0.1) is 5.56 Å². The van der Waals surface area contributed by atoms with Gasteiger partial charge in [0, 0.05) is 0 Å². The van der Waals surface area contributed by atoms with Crippen LogP contribution >= 0.6 is 0 Å². The summed E-state index contributed by atoms with van der Waals surface area (Å²) in [6, 6.07) is 3.51. The van der Waals surface area contributed by atoms with Crippen molar-refractivity contribution >= 4 is 0 Å². The number of rotatable bonds is 2. The fraction of sp³-hybridized carbons (Fsp3) is 0.538. The summed E-state index contributed by atoms with van der Waals surface area (Å²) in [7, 11) is 0. The second kappa shape index (κ2) is 5.26. The molecular weight excluding hydrogens is 246 g/mol. The molecular formula is C13H15F4N. The maximum absolute atomic E-state index is 13.8. The van der Waals surface area contributed by atoms with Crippen molar-refractivity contribution in [1.82, 2.24) is 5.32 Å². The highest BCUT2D eigenvalue weighted by Gasteiger charge is 2.34. The molecule has 0 aromatic heterocycles. The van der Waals surface area contributed by atoms with Gasteiger partial charge >= 0.3 is 6.18 Å². The summed E-state index contributed by atoms with van der Waals surface area (Å²) in [5, 5.41) is 3.17. The van der Waals surface area contributed by atoms with Gasteiger partial charge in [-0.25, -0.2) is 4.39 Å². The SMILES string of the molecule is Fc1c(CC2CCCNC2)cccc1C(F)(F)F. The van der Waals surface area contributed by atoms with E-state index in [1.54, 1.807) is 0 Å². The van der Waals surface area contributed by atoms with Gasteiger partial charge in [0.1, 0.15) is 5.82 Å². The smallest absolute Gasteiger partial charge is 0.316 e. The van der Waals surface area contributed by atoms with Crippen LogP contribution in [-0.2, 0) is 12.6 Å². The van der Waals surface area contributed by atoms with Gasteiger partial charge in [-0.2, -0.15) is 13.2 Å². The van der Waals surface area contributed by atoms with Gasteiger partial charge in [0.2, 0.25) is 0 Å². The van der Waals surface area contributed by atoms with Gasteiger partial charge in [-0.05, 0) is 49.9 Å². The van der Waals surface area contributed by atoms with Crippen LogP contribution in [0, 0.1) is 11.7 Å². The van der Waals surface area contributed by atoms with Crippen LogP contribution in [0.25, 0.3) is 0 Å². The predicted octanol–water partition coefficient (Wildman–Crippen LogP) is 3.39. The van der Waals surface area contributed by atoms with Crippen LogP contribution in [0.1, 0.15) is 24.0 Å². The van der Waals surface area contributed by atoms with E-state index < -0.39 is 17.6 Å². The first-order valence-corrected chi connectivity index (χ1v) is 6.04. The van der Waals surface area contributed by atoms with Crippen LogP contribution in [0.4, 0.5) is 17.6 Å². The molecule has 1 atom stereocenters. The van der Waals surface area contributed by atoms with Crippen LogP contribution in [0.5, 0.6) is 0 Å². The summed E-state index contributed by atoms with van der Waals surface area (Å²) < 4.78 is 51.4. The summed E-state index contributed by atoms with van der Waals surface area (Å²) >= 11 is 0. The number of benzene rings is 1. The molecule has 100 valence electrons. The highest BCUT2D eigenvalue weighted by Crippen LogP contribution is 2.33. The van der Waals surface area contributed by atoms with Crippen molar-refractivity contribution < 1.29 is 17.6 Å². The Morgan fingerprint density at radius 2 is 2.06 bits per heavy atom. The third-order valence-electron chi connectivity index (χ3n) is 3.29. The molecule has 1 aliphatic heterocycles. The molecule has 0 aliphatic carbocycles. The minimum atomic E-state index is -4.62. The van der Waals surface area contributed by atoms with Crippen molar-refractivity contribution in [3.63, 3.8) is 0 Å². The van der Waals surface area contributed by atoms with Gasteiger partial charge in [-0.3, -0.25) is 0 Å². The Bertz CT molecular complexity index is 408. The lowest BCUT2D eigenvalue weighted by molar-refractivity contribution is -0.140. The summed E-state index contributed by atoms with van der Waals surface area (Å²) in [5.74, 6) is -0.896. The van der Waals surface area contributed by atoms with Gasteiger partial charge in [-0.15, -0.1) is 0 Å². The van der Waals surface area contributed by atoms with Crippen molar-refractivity contribution in [2.24, 2.45) is 5.92 Å².